The third-order valence-corrected chi connectivity index (χ3v) is 2.94. The van der Waals surface area contributed by atoms with E-state index in [1.165, 1.54) is 22.3 Å². The Balaban J connectivity index is 2.40. The first-order valence-corrected chi connectivity index (χ1v) is 5.74. The van der Waals surface area contributed by atoms with Crippen LogP contribution in [0.3, 0.4) is 0 Å². The molecule has 0 aliphatic heterocycles. The lowest BCUT2D eigenvalue weighted by Crippen LogP contribution is -1.86. The van der Waals surface area contributed by atoms with Crippen LogP contribution in [0.1, 0.15) is 16.7 Å². The van der Waals surface area contributed by atoms with Crippen molar-refractivity contribution >= 4 is 0 Å². The zero-order valence-corrected chi connectivity index (χ0v) is 10.2. The van der Waals surface area contributed by atoms with Crippen molar-refractivity contribution in [2.24, 2.45) is 0 Å². The highest BCUT2D eigenvalue weighted by molar-refractivity contribution is 5.68. The molecule has 0 saturated carbocycles. The Morgan fingerprint density at radius 3 is 2.35 bits per heavy atom. The van der Waals surface area contributed by atoms with Gasteiger partial charge in [-0.05, 0) is 36.1 Å². The summed E-state index contributed by atoms with van der Waals surface area (Å²) in [6, 6.07) is 16.9. The zero-order chi connectivity index (χ0) is 12.3. The topological polar surface area (TPSA) is 23.8 Å². The molecule has 2 aromatic rings. The second-order valence-electron chi connectivity index (χ2n) is 4.35. The Labute approximate surface area is 102 Å². The van der Waals surface area contributed by atoms with Gasteiger partial charge in [-0.1, -0.05) is 48.0 Å². The summed E-state index contributed by atoms with van der Waals surface area (Å²) < 4.78 is 0. The van der Waals surface area contributed by atoms with Crippen molar-refractivity contribution in [2.75, 3.05) is 0 Å². The molecule has 0 aromatic heterocycles. The van der Waals surface area contributed by atoms with Gasteiger partial charge >= 0.3 is 0 Å². The molecule has 84 valence electrons. The Bertz CT molecular complexity index is 559. The zero-order valence-electron chi connectivity index (χ0n) is 10.2. The van der Waals surface area contributed by atoms with E-state index < -0.39 is 0 Å². The van der Waals surface area contributed by atoms with Gasteiger partial charge in [-0.3, -0.25) is 0 Å². The van der Waals surface area contributed by atoms with Gasteiger partial charge in [0.25, 0.3) is 0 Å². The minimum atomic E-state index is 0.479. The quantitative estimate of drug-likeness (QED) is 0.751. The van der Waals surface area contributed by atoms with Gasteiger partial charge in [-0.25, -0.2) is 0 Å². The van der Waals surface area contributed by atoms with Crippen molar-refractivity contribution in [1.82, 2.24) is 0 Å². The third kappa shape index (κ3) is 2.54. The summed E-state index contributed by atoms with van der Waals surface area (Å²) >= 11 is 0. The van der Waals surface area contributed by atoms with Crippen molar-refractivity contribution in [3.05, 3.63) is 59.2 Å². The fraction of sp³-hybridized carbons (Fsp3) is 0.188. The van der Waals surface area contributed by atoms with Crippen LogP contribution in [0, 0.1) is 25.2 Å². The fourth-order valence-corrected chi connectivity index (χ4v) is 1.94. The second kappa shape index (κ2) is 4.84. The molecule has 0 saturated heterocycles. The van der Waals surface area contributed by atoms with Gasteiger partial charge in [0, 0.05) is 0 Å². The maximum absolute atomic E-state index is 8.64. The highest BCUT2D eigenvalue weighted by Gasteiger charge is 2.02. The van der Waals surface area contributed by atoms with Crippen LogP contribution < -0.4 is 0 Å². The highest BCUT2D eigenvalue weighted by Crippen LogP contribution is 2.24. The molecule has 0 aliphatic rings. The molecule has 0 amide bonds. The van der Waals surface area contributed by atoms with Crippen LogP contribution in [0.2, 0.25) is 0 Å². The Morgan fingerprint density at radius 2 is 1.71 bits per heavy atom. The average Bonchev–Trinajstić information content (AvgIpc) is 2.34. The molecule has 0 N–H and O–H groups in total. The van der Waals surface area contributed by atoms with E-state index in [0.29, 0.717) is 6.42 Å². The minimum absolute atomic E-state index is 0.479. The van der Waals surface area contributed by atoms with E-state index in [1.54, 1.807) is 0 Å². The lowest BCUT2D eigenvalue weighted by Gasteiger charge is -2.07. The van der Waals surface area contributed by atoms with Gasteiger partial charge < -0.3 is 0 Å². The average molecular weight is 221 g/mol. The molecule has 2 aromatic carbocycles. The van der Waals surface area contributed by atoms with E-state index in [-0.39, 0.29) is 0 Å². The summed E-state index contributed by atoms with van der Waals surface area (Å²) in [7, 11) is 0. The predicted octanol–water partition coefficient (Wildman–Crippen LogP) is 4.04. The number of nitriles is 1. The molecule has 0 radical (unpaired) electrons. The Kier molecular flexibility index (Phi) is 3.25. The van der Waals surface area contributed by atoms with Crippen LogP contribution >= 0.6 is 0 Å². The summed E-state index contributed by atoms with van der Waals surface area (Å²) in [6.45, 7) is 4.23. The van der Waals surface area contributed by atoms with Crippen molar-refractivity contribution in [3.8, 4) is 17.2 Å². The lowest BCUT2D eigenvalue weighted by molar-refractivity contribution is 1.26. The number of hydrogen-bond acceptors (Lipinski definition) is 1. The van der Waals surface area contributed by atoms with Crippen LogP contribution in [0.25, 0.3) is 11.1 Å². The molecule has 0 aliphatic carbocycles. The van der Waals surface area contributed by atoms with Gasteiger partial charge in [0.1, 0.15) is 0 Å². The largest absolute Gasteiger partial charge is 0.198 e. The molecular weight excluding hydrogens is 206 g/mol. The van der Waals surface area contributed by atoms with Gasteiger partial charge in [-0.15, -0.1) is 0 Å². The lowest BCUT2D eigenvalue weighted by atomic mass is 9.97. The Morgan fingerprint density at radius 1 is 1.00 bits per heavy atom. The first-order chi connectivity index (χ1) is 8.20. The molecule has 0 bridgehead atoms. The van der Waals surface area contributed by atoms with Crippen molar-refractivity contribution < 1.29 is 0 Å². The molecule has 2 rings (SSSR count). The number of benzene rings is 2. The van der Waals surface area contributed by atoms with Gasteiger partial charge in [0.2, 0.25) is 0 Å². The maximum Gasteiger partial charge on any atom is 0.0669 e. The van der Waals surface area contributed by atoms with Gasteiger partial charge in [0.05, 0.1) is 12.5 Å². The molecular formula is C16H15N. The molecule has 1 nitrogen and oxygen atoms in total. The summed E-state index contributed by atoms with van der Waals surface area (Å²) in [5.74, 6) is 0. The molecule has 0 fully saturated rings. The maximum atomic E-state index is 8.64. The number of nitrogens with zero attached hydrogens (tertiary/aromatic N) is 1. The summed E-state index contributed by atoms with van der Waals surface area (Å²) in [6.07, 6.45) is 0.479. The van der Waals surface area contributed by atoms with Crippen LogP contribution in [0.15, 0.2) is 42.5 Å². The number of hydrogen-bond donors (Lipinski definition) is 0. The fourth-order valence-electron chi connectivity index (χ4n) is 1.94. The first-order valence-electron chi connectivity index (χ1n) is 5.74. The van der Waals surface area contributed by atoms with E-state index in [0.717, 1.165) is 5.56 Å². The van der Waals surface area contributed by atoms with E-state index >= 15 is 0 Å². The molecule has 0 atom stereocenters. The van der Waals surface area contributed by atoms with Crippen LogP contribution in [-0.4, -0.2) is 0 Å². The Hall–Kier alpha value is -2.07. The number of rotatable bonds is 2. The van der Waals surface area contributed by atoms with E-state index in [2.05, 4.69) is 50.2 Å². The highest BCUT2D eigenvalue weighted by atomic mass is 14.2. The summed E-state index contributed by atoms with van der Waals surface area (Å²) in [5, 5.41) is 8.64. The van der Waals surface area contributed by atoms with Crippen molar-refractivity contribution in [1.29, 1.82) is 5.26 Å². The standard InChI is InChI=1S/C16H15N/c1-12-3-4-13(2)16(11-12)15-7-5-14(6-8-15)9-10-17/h3-8,11H,9H2,1-2H3. The SMILES string of the molecule is Cc1ccc(C)c(-c2ccc(CC#N)cc2)c1. The molecule has 17 heavy (non-hydrogen) atoms. The monoisotopic (exact) mass is 221 g/mol. The summed E-state index contributed by atoms with van der Waals surface area (Å²) in [5.41, 5.74) is 6.11. The predicted molar refractivity (Wildman–Crippen MR) is 70.7 cm³/mol. The normalized spacial score (nSPS) is 9.94. The molecule has 0 heterocycles. The van der Waals surface area contributed by atoms with E-state index in [1.807, 2.05) is 12.1 Å². The van der Waals surface area contributed by atoms with E-state index in [4.69, 9.17) is 5.26 Å². The van der Waals surface area contributed by atoms with Gasteiger partial charge in [-0.2, -0.15) is 5.26 Å². The van der Waals surface area contributed by atoms with E-state index in [9.17, 15) is 0 Å². The van der Waals surface area contributed by atoms with Crippen molar-refractivity contribution in [3.63, 3.8) is 0 Å². The van der Waals surface area contributed by atoms with Crippen LogP contribution in [-0.2, 0) is 6.42 Å². The van der Waals surface area contributed by atoms with Crippen LogP contribution in [0.4, 0.5) is 0 Å². The molecule has 1 heteroatoms. The summed E-state index contributed by atoms with van der Waals surface area (Å²) in [4.78, 5) is 0. The minimum Gasteiger partial charge on any atom is -0.198 e. The van der Waals surface area contributed by atoms with Gasteiger partial charge in [0.15, 0.2) is 0 Å². The molecule has 0 spiro atoms. The molecule has 0 unspecified atom stereocenters. The third-order valence-electron chi connectivity index (χ3n) is 2.94. The first kappa shape index (κ1) is 11.4. The number of aryl methyl sites for hydroxylation is 2. The smallest absolute Gasteiger partial charge is 0.0669 e. The van der Waals surface area contributed by atoms with Crippen molar-refractivity contribution in [2.45, 2.75) is 20.3 Å². The second-order valence-corrected chi connectivity index (χ2v) is 4.35. The van der Waals surface area contributed by atoms with Crippen LogP contribution in [0.5, 0.6) is 0 Å².